The fourth-order valence-electron chi connectivity index (χ4n) is 1.47. The first-order chi connectivity index (χ1) is 8.91. The molecule has 0 radical (unpaired) electrons. The predicted octanol–water partition coefficient (Wildman–Crippen LogP) is 1.64. The maximum Gasteiger partial charge on any atom is 0.238 e. The number of rotatable bonds is 4. The van der Waals surface area contributed by atoms with Crippen LogP contribution in [0.2, 0.25) is 0 Å². The zero-order valence-corrected chi connectivity index (χ0v) is 11.6. The third kappa shape index (κ3) is 3.01. The number of primary sulfonamides is 1. The van der Waals surface area contributed by atoms with Crippen LogP contribution in [0.4, 0.5) is 0 Å². The minimum absolute atomic E-state index is 0.0469. The summed E-state index contributed by atoms with van der Waals surface area (Å²) in [6.45, 7) is 0. The molecular formula is C12H11NO4S2. The predicted molar refractivity (Wildman–Crippen MR) is 72.1 cm³/mol. The van der Waals surface area contributed by atoms with Crippen LogP contribution in [0.3, 0.4) is 0 Å². The van der Waals surface area contributed by atoms with Gasteiger partial charge < -0.3 is 4.74 Å². The van der Waals surface area contributed by atoms with Crippen LogP contribution in [0.15, 0.2) is 40.6 Å². The zero-order valence-electron chi connectivity index (χ0n) is 9.99. The zero-order chi connectivity index (χ0) is 14.0. The minimum Gasteiger partial charge on any atom is -0.497 e. The van der Waals surface area contributed by atoms with Gasteiger partial charge in [0.2, 0.25) is 15.8 Å². The van der Waals surface area contributed by atoms with Crippen molar-refractivity contribution in [1.29, 1.82) is 0 Å². The number of ether oxygens (including phenoxy) is 1. The average Bonchev–Trinajstić information content (AvgIpc) is 2.87. The van der Waals surface area contributed by atoms with E-state index in [9.17, 15) is 13.2 Å². The molecule has 1 aromatic heterocycles. The van der Waals surface area contributed by atoms with Crippen molar-refractivity contribution in [3.05, 3.63) is 46.2 Å². The number of thiophene rings is 1. The number of carbonyl (C=O) groups excluding carboxylic acids is 1. The molecule has 2 rings (SSSR count). The van der Waals surface area contributed by atoms with Gasteiger partial charge in [-0.2, -0.15) is 0 Å². The molecule has 0 saturated carbocycles. The lowest BCUT2D eigenvalue weighted by molar-refractivity contribution is 0.104. The Morgan fingerprint density at radius 3 is 2.37 bits per heavy atom. The van der Waals surface area contributed by atoms with Gasteiger partial charge in [0.25, 0.3) is 0 Å². The Morgan fingerprint density at radius 1 is 1.26 bits per heavy atom. The van der Waals surface area contributed by atoms with Gasteiger partial charge in [0.05, 0.1) is 16.9 Å². The van der Waals surface area contributed by atoms with Gasteiger partial charge in [0.15, 0.2) is 0 Å². The van der Waals surface area contributed by atoms with Crippen molar-refractivity contribution in [3.63, 3.8) is 0 Å². The highest BCUT2D eigenvalue weighted by molar-refractivity contribution is 7.89. The number of benzene rings is 1. The van der Waals surface area contributed by atoms with Gasteiger partial charge in [-0.15, -0.1) is 11.3 Å². The van der Waals surface area contributed by atoms with Gasteiger partial charge in [-0.25, -0.2) is 13.6 Å². The van der Waals surface area contributed by atoms with Crippen molar-refractivity contribution in [1.82, 2.24) is 0 Å². The Balaban J connectivity index is 2.31. The Hall–Kier alpha value is -1.70. The summed E-state index contributed by atoms with van der Waals surface area (Å²) in [5.74, 6) is 0.399. The molecule has 0 amide bonds. The molecule has 0 bridgehead atoms. The number of hydrogen-bond acceptors (Lipinski definition) is 5. The van der Waals surface area contributed by atoms with E-state index in [0.29, 0.717) is 16.2 Å². The number of ketones is 1. The van der Waals surface area contributed by atoms with E-state index in [4.69, 9.17) is 9.88 Å². The van der Waals surface area contributed by atoms with Crippen molar-refractivity contribution in [2.45, 2.75) is 4.90 Å². The van der Waals surface area contributed by atoms with Crippen LogP contribution in [0, 0.1) is 0 Å². The third-order valence-electron chi connectivity index (χ3n) is 2.48. The number of methoxy groups -OCH3 is 1. The summed E-state index contributed by atoms with van der Waals surface area (Å²) in [5, 5.41) is 6.35. The van der Waals surface area contributed by atoms with Crippen LogP contribution in [0.25, 0.3) is 0 Å². The molecule has 2 N–H and O–H groups in total. The Bertz CT molecular complexity index is 702. The Labute approximate surface area is 114 Å². The number of sulfonamides is 1. The van der Waals surface area contributed by atoms with Crippen LogP contribution in [0.1, 0.15) is 15.2 Å². The van der Waals surface area contributed by atoms with E-state index in [1.807, 2.05) is 0 Å². The molecule has 0 aliphatic heterocycles. The molecule has 0 aliphatic rings. The molecule has 0 fully saturated rings. The quantitative estimate of drug-likeness (QED) is 0.869. The summed E-state index contributed by atoms with van der Waals surface area (Å²) in [6, 6.07) is 7.87. The second-order valence-corrected chi connectivity index (χ2v) is 6.22. The normalized spacial score (nSPS) is 11.3. The summed E-state index contributed by atoms with van der Waals surface area (Å²) in [5.41, 5.74) is 0.462. The summed E-state index contributed by atoms with van der Waals surface area (Å²) in [6.07, 6.45) is 0. The van der Waals surface area contributed by atoms with Gasteiger partial charge in [0.1, 0.15) is 5.75 Å². The van der Waals surface area contributed by atoms with Crippen LogP contribution in [0.5, 0.6) is 5.75 Å². The second-order valence-electron chi connectivity index (χ2n) is 3.75. The molecule has 0 aliphatic carbocycles. The molecule has 5 nitrogen and oxygen atoms in total. The fraction of sp³-hybridized carbons (Fsp3) is 0.0833. The summed E-state index contributed by atoms with van der Waals surface area (Å²) >= 11 is 1.05. The first kappa shape index (κ1) is 13.7. The summed E-state index contributed by atoms with van der Waals surface area (Å²) in [4.78, 5) is 12.4. The van der Waals surface area contributed by atoms with Crippen molar-refractivity contribution in [3.8, 4) is 5.75 Å². The highest BCUT2D eigenvalue weighted by Crippen LogP contribution is 2.22. The Kier molecular flexibility index (Phi) is 3.70. The van der Waals surface area contributed by atoms with Gasteiger partial charge in [-0.3, -0.25) is 4.79 Å². The van der Waals surface area contributed by atoms with E-state index in [1.165, 1.54) is 18.6 Å². The first-order valence-electron chi connectivity index (χ1n) is 5.22. The molecule has 19 heavy (non-hydrogen) atoms. The van der Waals surface area contributed by atoms with Crippen molar-refractivity contribution >= 4 is 27.1 Å². The largest absolute Gasteiger partial charge is 0.497 e. The lowest BCUT2D eigenvalue weighted by atomic mass is 10.1. The standard InChI is InChI=1S/C12H11NO4S2/c1-17-9-4-2-8(3-5-9)12(14)11-6-10(7-18-11)19(13,15)16/h2-7H,1H3,(H2,13,15,16). The van der Waals surface area contributed by atoms with Crippen LogP contribution < -0.4 is 9.88 Å². The van der Waals surface area contributed by atoms with E-state index in [2.05, 4.69) is 0 Å². The summed E-state index contributed by atoms with van der Waals surface area (Å²) < 4.78 is 27.3. The topological polar surface area (TPSA) is 86.5 Å². The number of nitrogens with two attached hydrogens (primary N) is 1. The SMILES string of the molecule is COc1ccc(C(=O)c2cc(S(N)(=O)=O)cs2)cc1. The molecule has 1 aromatic carbocycles. The highest BCUT2D eigenvalue weighted by atomic mass is 32.2. The van der Waals surface area contributed by atoms with E-state index in [1.54, 1.807) is 24.3 Å². The molecule has 0 atom stereocenters. The lowest BCUT2D eigenvalue weighted by Crippen LogP contribution is -2.11. The summed E-state index contributed by atoms with van der Waals surface area (Å²) in [7, 11) is -2.23. The molecule has 0 spiro atoms. The first-order valence-corrected chi connectivity index (χ1v) is 7.64. The van der Waals surface area contributed by atoms with Crippen LogP contribution >= 0.6 is 11.3 Å². The molecule has 100 valence electrons. The molecule has 7 heteroatoms. The van der Waals surface area contributed by atoms with Crippen molar-refractivity contribution in [2.75, 3.05) is 7.11 Å². The molecular weight excluding hydrogens is 286 g/mol. The second kappa shape index (κ2) is 5.12. The van der Waals surface area contributed by atoms with Crippen molar-refractivity contribution < 1.29 is 17.9 Å². The number of hydrogen-bond donors (Lipinski definition) is 1. The smallest absolute Gasteiger partial charge is 0.238 e. The van der Waals surface area contributed by atoms with E-state index in [-0.39, 0.29) is 10.7 Å². The van der Waals surface area contributed by atoms with Crippen molar-refractivity contribution in [2.24, 2.45) is 5.14 Å². The Morgan fingerprint density at radius 2 is 1.89 bits per heavy atom. The van der Waals surface area contributed by atoms with Gasteiger partial charge >= 0.3 is 0 Å². The maximum atomic E-state index is 12.1. The minimum atomic E-state index is -3.77. The number of carbonyl (C=O) groups is 1. The highest BCUT2D eigenvalue weighted by Gasteiger charge is 2.16. The monoisotopic (exact) mass is 297 g/mol. The molecule has 1 heterocycles. The molecule has 0 saturated heterocycles. The fourth-order valence-corrected chi connectivity index (χ4v) is 3.24. The van der Waals surface area contributed by atoms with Gasteiger partial charge in [-0.1, -0.05) is 0 Å². The average molecular weight is 297 g/mol. The van der Waals surface area contributed by atoms with E-state index >= 15 is 0 Å². The maximum absolute atomic E-state index is 12.1. The third-order valence-corrected chi connectivity index (χ3v) is 4.45. The molecule has 0 unspecified atom stereocenters. The van der Waals surface area contributed by atoms with Crippen LogP contribution in [-0.2, 0) is 10.0 Å². The molecule has 2 aromatic rings. The lowest BCUT2D eigenvalue weighted by Gasteiger charge is -2.01. The van der Waals surface area contributed by atoms with E-state index < -0.39 is 10.0 Å². The van der Waals surface area contributed by atoms with E-state index in [0.717, 1.165) is 11.3 Å². The van der Waals surface area contributed by atoms with Gasteiger partial charge in [0, 0.05) is 10.9 Å². The van der Waals surface area contributed by atoms with Crippen LogP contribution in [-0.4, -0.2) is 21.3 Å². The van der Waals surface area contributed by atoms with Gasteiger partial charge in [-0.05, 0) is 30.3 Å².